The summed E-state index contributed by atoms with van der Waals surface area (Å²) in [6, 6.07) is 25.5. The summed E-state index contributed by atoms with van der Waals surface area (Å²) in [7, 11) is 0. The number of hydrazone groups is 1. The molecule has 0 aliphatic heterocycles. The Morgan fingerprint density at radius 3 is 2.48 bits per heavy atom. The van der Waals surface area contributed by atoms with E-state index in [0.29, 0.717) is 5.56 Å². The number of amides is 1. The maximum atomic E-state index is 12.9. The van der Waals surface area contributed by atoms with Gasteiger partial charge in [-0.25, -0.2) is 10.4 Å². The quantitative estimate of drug-likeness (QED) is 0.387. The Labute approximate surface area is 169 Å². The number of carbonyl (C=O) groups is 1. The standard InChI is InChI=1S/C25H21N3O/c1-17-10-12-19(13-11-17)16-26-28-25(29)22-15-24(20-7-5-6-18(2)14-20)27-23-9-4-3-8-21(22)23/h3-16H,1-2H3,(H,28,29). The van der Waals surface area contributed by atoms with Gasteiger partial charge in [0.25, 0.3) is 5.91 Å². The molecule has 142 valence electrons. The maximum absolute atomic E-state index is 12.9. The van der Waals surface area contributed by atoms with Crippen LogP contribution in [-0.2, 0) is 0 Å². The molecule has 0 fully saturated rings. The van der Waals surface area contributed by atoms with Gasteiger partial charge in [0, 0.05) is 10.9 Å². The molecule has 0 aliphatic rings. The van der Waals surface area contributed by atoms with Gasteiger partial charge in [-0.2, -0.15) is 5.10 Å². The minimum absolute atomic E-state index is 0.263. The first-order valence-corrected chi connectivity index (χ1v) is 9.47. The van der Waals surface area contributed by atoms with E-state index in [-0.39, 0.29) is 5.91 Å². The van der Waals surface area contributed by atoms with Gasteiger partial charge in [-0.1, -0.05) is 71.8 Å². The largest absolute Gasteiger partial charge is 0.272 e. The predicted molar refractivity (Wildman–Crippen MR) is 118 cm³/mol. The minimum atomic E-state index is -0.263. The fraction of sp³-hybridized carbons (Fsp3) is 0.0800. The van der Waals surface area contributed by atoms with E-state index in [1.54, 1.807) is 6.21 Å². The van der Waals surface area contributed by atoms with E-state index < -0.39 is 0 Å². The van der Waals surface area contributed by atoms with Crippen molar-refractivity contribution in [2.24, 2.45) is 5.10 Å². The zero-order chi connectivity index (χ0) is 20.2. The normalized spacial score (nSPS) is 11.1. The molecule has 4 nitrogen and oxygen atoms in total. The molecule has 4 rings (SSSR count). The first kappa shape index (κ1) is 18.6. The van der Waals surface area contributed by atoms with E-state index in [1.165, 1.54) is 5.56 Å². The Morgan fingerprint density at radius 1 is 0.897 bits per heavy atom. The maximum Gasteiger partial charge on any atom is 0.272 e. The van der Waals surface area contributed by atoms with Crippen molar-refractivity contribution in [3.63, 3.8) is 0 Å². The Balaban J connectivity index is 1.68. The van der Waals surface area contributed by atoms with E-state index >= 15 is 0 Å². The average Bonchev–Trinajstić information content (AvgIpc) is 2.74. The molecule has 29 heavy (non-hydrogen) atoms. The molecule has 4 heteroatoms. The monoisotopic (exact) mass is 379 g/mol. The number of benzene rings is 3. The smallest absolute Gasteiger partial charge is 0.267 e. The molecule has 1 aromatic heterocycles. The van der Waals surface area contributed by atoms with E-state index in [0.717, 1.165) is 33.3 Å². The number of nitrogens with one attached hydrogen (secondary N) is 1. The third-order valence-electron chi connectivity index (χ3n) is 4.73. The molecule has 3 aromatic carbocycles. The molecule has 1 N–H and O–H groups in total. The van der Waals surface area contributed by atoms with E-state index in [9.17, 15) is 4.79 Å². The molecule has 0 unspecified atom stereocenters. The van der Waals surface area contributed by atoms with Gasteiger partial charge in [0.05, 0.1) is 23.0 Å². The Bertz CT molecular complexity index is 1210. The van der Waals surface area contributed by atoms with Crippen molar-refractivity contribution in [1.29, 1.82) is 0 Å². The van der Waals surface area contributed by atoms with E-state index in [4.69, 9.17) is 4.98 Å². The fourth-order valence-corrected chi connectivity index (χ4v) is 3.19. The van der Waals surface area contributed by atoms with Crippen molar-refractivity contribution in [3.8, 4) is 11.3 Å². The lowest BCUT2D eigenvalue weighted by Gasteiger charge is -2.09. The molecule has 1 amide bonds. The molecule has 0 spiro atoms. The summed E-state index contributed by atoms with van der Waals surface area (Å²) in [6.07, 6.45) is 1.64. The average molecular weight is 379 g/mol. The van der Waals surface area contributed by atoms with Crippen molar-refractivity contribution in [2.75, 3.05) is 0 Å². The lowest BCUT2D eigenvalue weighted by atomic mass is 10.0. The number of fused-ring (bicyclic) bond motifs is 1. The Kier molecular flexibility index (Phi) is 5.16. The highest BCUT2D eigenvalue weighted by atomic mass is 16.2. The van der Waals surface area contributed by atoms with Gasteiger partial charge >= 0.3 is 0 Å². The van der Waals surface area contributed by atoms with Crippen molar-refractivity contribution < 1.29 is 4.79 Å². The second kappa shape index (κ2) is 8.07. The highest BCUT2D eigenvalue weighted by molar-refractivity contribution is 6.07. The molecular formula is C25H21N3O. The number of aromatic nitrogens is 1. The van der Waals surface area contributed by atoms with Crippen LogP contribution >= 0.6 is 0 Å². The Morgan fingerprint density at radius 2 is 1.69 bits per heavy atom. The van der Waals surface area contributed by atoms with Crippen molar-refractivity contribution in [1.82, 2.24) is 10.4 Å². The molecule has 0 saturated carbocycles. The van der Waals surface area contributed by atoms with Crippen LogP contribution in [0.15, 0.2) is 84.0 Å². The van der Waals surface area contributed by atoms with Crippen LogP contribution in [0.3, 0.4) is 0 Å². The second-order valence-corrected chi connectivity index (χ2v) is 7.05. The lowest BCUT2D eigenvalue weighted by Crippen LogP contribution is -2.18. The number of nitrogens with zero attached hydrogens (tertiary/aromatic N) is 2. The number of rotatable bonds is 4. The van der Waals surface area contributed by atoms with Gasteiger partial charge in [-0.15, -0.1) is 0 Å². The zero-order valence-electron chi connectivity index (χ0n) is 16.4. The molecule has 0 saturated heterocycles. The topological polar surface area (TPSA) is 54.4 Å². The zero-order valence-corrected chi connectivity index (χ0v) is 16.4. The van der Waals surface area contributed by atoms with Crippen molar-refractivity contribution in [3.05, 3.63) is 101 Å². The van der Waals surface area contributed by atoms with Gasteiger partial charge in [-0.05, 0) is 37.6 Å². The third kappa shape index (κ3) is 4.22. The van der Waals surface area contributed by atoms with Crippen LogP contribution in [0.25, 0.3) is 22.2 Å². The molecule has 1 heterocycles. The molecule has 0 atom stereocenters. The lowest BCUT2D eigenvalue weighted by molar-refractivity contribution is 0.0956. The van der Waals surface area contributed by atoms with Gasteiger partial charge in [0.1, 0.15) is 0 Å². The van der Waals surface area contributed by atoms with Gasteiger partial charge < -0.3 is 0 Å². The highest BCUT2D eigenvalue weighted by Gasteiger charge is 2.13. The van der Waals surface area contributed by atoms with Gasteiger partial charge in [0.2, 0.25) is 0 Å². The van der Waals surface area contributed by atoms with Gasteiger partial charge in [0.15, 0.2) is 0 Å². The van der Waals surface area contributed by atoms with Crippen LogP contribution in [0.2, 0.25) is 0 Å². The molecule has 0 bridgehead atoms. The number of para-hydroxylation sites is 1. The van der Waals surface area contributed by atoms with Crippen LogP contribution in [0.4, 0.5) is 0 Å². The van der Waals surface area contributed by atoms with Crippen LogP contribution < -0.4 is 5.43 Å². The third-order valence-corrected chi connectivity index (χ3v) is 4.73. The first-order valence-electron chi connectivity index (χ1n) is 9.47. The molecule has 0 aliphatic carbocycles. The van der Waals surface area contributed by atoms with Crippen LogP contribution in [0, 0.1) is 13.8 Å². The van der Waals surface area contributed by atoms with Crippen LogP contribution in [0.1, 0.15) is 27.0 Å². The summed E-state index contributed by atoms with van der Waals surface area (Å²) >= 11 is 0. The van der Waals surface area contributed by atoms with E-state index in [1.807, 2.05) is 86.6 Å². The number of aryl methyl sites for hydroxylation is 2. The second-order valence-electron chi connectivity index (χ2n) is 7.05. The number of carbonyl (C=O) groups excluding carboxylic acids is 1. The van der Waals surface area contributed by atoms with Gasteiger partial charge in [-0.3, -0.25) is 4.79 Å². The summed E-state index contributed by atoms with van der Waals surface area (Å²) < 4.78 is 0. The SMILES string of the molecule is Cc1ccc(C=NNC(=O)c2cc(-c3cccc(C)c3)nc3ccccc23)cc1. The summed E-state index contributed by atoms with van der Waals surface area (Å²) in [5.41, 5.74) is 8.97. The fourth-order valence-electron chi connectivity index (χ4n) is 3.19. The summed E-state index contributed by atoms with van der Waals surface area (Å²) in [5.74, 6) is -0.263. The van der Waals surface area contributed by atoms with E-state index in [2.05, 4.69) is 16.6 Å². The summed E-state index contributed by atoms with van der Waals surface area (Å²) in [4.78, 5) is 17.6. The summed E-state index contributed by atoms with van der Waals surface area (Å²) in [6.45, 7) is 4.07. The van der Waals surface area contributed by atoms with Crippen LogP contribution in [0.5, 0.6) is 0 Å². The molecule has 4 aromatic rings. The molecule has 0 radical (unpaired) electrons. The number of pyridine rings is 1. The number of hydrogen-bond donors (Lipinski definition) is 1. The van der Waals surface area contributed by atoms with Crippen molar-refractivity contribution in [2.45, 2.75) is 13.8 Å². The van der Waals surface area contributed by atoms with Crippen molar-refractivity contribution >= 4 is 23.0 Å². The minimum Gasteiger partial charge on any atom is -0.267 e. The van der Waals surface area contributed by atoms with Crippen LogP contribution in [-0.4, -0.2) is 17.1 Å². The number of hydrogen-bond acceptors (Lipinski definition) is 3. The Hall–Kier alpha value is -3.79. The molecular weight excluding hydrogens is 358 g/mol. The summed E-state index contributed by atoms with van der Waals surface area (Å²) in [5, 5.41) is 4.92. The predicted octanol–water partition coefficient (Wildman–Crippen LogP) is 5.28. The highest BCUT2D eigenvalue weighted by Crippen LogP contribution is 2.25. The first-order chi connectivity index (χ1) is 14.1.